The molecule has 0 radical (unpaired) electrons. The molecule has 0 saturated carbocycles. The van der Waals surface area contributed by atoms with Gasteiger partial charge < -0.3 is 16.4 Å². The van der Waals surface area contributed by atoms with Gasteiger partial charge in [0, 0.05) is 6.54 Å². The van der Waals surface area contributed by atoms with Gasteiger partial charge in [-0.1, -0.05) is 13.8 Å². The quantitative estimate of drug-likeness (QED) is 0.612. The lowest BCUT2D eigenvalue weighted by Gasteiger charge is -2.42. The Bertz CT molecular complexity index is 220. The summed E-state index contributed by atoms with van der Waals surface area (Å²) < 4.78 is 0. The van der Waals surface area contributed by atoms with Crippen molar-refractivity contribution >= 4 is 5.91 Å². The van der Waals surface area contributed by atoms with E-state index in [0.29, 0.717) is 5.92 Å². The Morgan fingerprint density at radius 3 is 2.87 bits per heavy atom. The summed E-state index contributed by atoms with van der Waals surface area (Å²) in [5, 5.41) is 6.69. The van der Waals surface area contributed by atoms with E-state index in [4.69, 9.17) is 5.73 Å². The van der Waals surface area contributed by atoms with E-state index in [2.05, 4.69) is 24.5 Å². The van der Waals surface area contributed by atoms with E-state index < -0.39 is 5.54 Å². The molecule has 1 aliphatic heterocycles. The van der Waals surface area contributed by atoms with Crippen molar-refractivity contribution < 1.29 is 4.79 Å². The zero-order valence-corrected chi connectivity index (χ0v) is 9.81. The number of nitrogens with two attached hydrogens (primary N) is 1. The van der Waals surface area contributed by atoms with Crippen molar-refractivity contribution in [2.24, 2.45) is 11.7 Å². The lowest BCUT2D eigenvalue weighted by atomic mass is 9.76. The van der Waals surface area contributed by atoms with E-state index in [-0.39, 0.29) is 5.91 Å². The number of hydrogen-bond donors (Lipinski definition) is 3. The summed E-state index contributed by atoms with van der Waals surface area (Å²) in [6, 6.07) is 0. The number of rotatable bonds is 5. The number of amides is 1. The van der Waals surface area contributed by atoms with Crippen LogP contribution in [0, 0.1) is 5.92 Å². The van der Waals surface area contributed by atoms with Crippen LogP contribution in [0.3, 0.4) is 0 Å². The Morgan fingerprint density at radius 1 is 1.60 bits per heavy atom. The first-order chi connectivity index (χ1) is 7.17. The molecule has 0 aromatic heterocycles. The zero-order chi connectivity index (χ0) is 11.3. The van der Waals surface area contributed by atoms with Crippen molar-refractivity contribution in [2.75, 3.05) is 19.6 Å². The topological polar surface area (TPSA) is 67.1 Å². The molecule has 4 nitrogen and oxygen atoms in total. The van der Waals surface area contributed by atoms with Crippen LogP contribution in [-0.2, 0) is 4.79 Å². The maximum Gasteiger partial charge on any atom is 0.238 e. The molecule has 88 valence electrons. The Balaban J connectivity index is 2.79. The second-order valence-corrected chi connectivity index (χ2v) is 4.32. The zero-order valence-electron chi connectivity index (χ0n) is 9.81. The van der Waals surface area contributed by atoms with Crippen LogP contribution >= 0.6 is 0 Å². The van der Waals surface area contributed by atoms with E-state index in [1.807, 2.05) is 0 Å². The first kappa shape index (κ1) is 12.5. The molecule has 2 unspecified atom stereocenters. The fourth-order valence-corrected chi connectivity index (χ4v) is 2.43. The van der Waals surface area contributed by atoms with Crippen molar-refractivity contribution in [3.05, 3.63) is 0 Å². The predicted molar refractivity (Wildman–Crippen MR) is 61.5 cm³/mol. The first-order valence-electron chi connectivity index (χ1n) is 5.93. The molecule has 0 bridgehead atoms. The van der Waals surface area contributed by atoms with Gasteiger partial charge in [0.2, 0.25) is 5.91 Å². The molecule has 4 heteroatoms. The third-order valence-electron chi connectivity index (χ3n) is 3.41. The maximum absolute atomic E-state index is 11.7. The monoisotopic (exact) mass is 213 g/mol. The van der Waals surface area contributed by atoms with Crippen LogP contribution in [0.4, 0.5) is 0 Å². The average molecular weight is 213 g/mol. The van der Waals surface area contributed by atoms with Crippen LogP contribution in [0.25, 0.3) is 0 Å². The van der Waals surface area contributed by atoms with Crippen LogP contribution in [-0.4, -0.2) is 31.1 Å². The molecule has 0 aromatic carbocycles. The third-order valence-corrected chi connectivity index (χ3v) is 3.41. The van der Waals surface area contributed by atoms with E-state index in [0.717, 1.165) is 38.9 Å². The smallest absolute Gasteiger partial charge is 0.238 e. The van der Waals surface area contributed by atoms with Crippen molar-refractivity contribution in [2.45, 2.75) is 38.6 Å². The van der Waals surface area contributed by atoms with Gasteiger partial charge in [-0.05, 0) is 38.3 Å². The largest absolute Gasteiger partial charge is 0.368 e. The van der Waals surface area contributed by atoms with Crippen LogP contribution < -0.4 is 16.4 Å². The number of hydrogen-bond acceptors (Lipinski definition) is 3. The van der Waals surface area contributed by atoms with Gasteiger partial charge >= 0.3 is 0 Å². The van der Waals surface area contributed by atoms with Crippen LogP contribution in [0.5, 0.6) is 0 Å². The third kappa shape index (κ3) is 2.49. The van der Waals surface area contributed by atoms with Gasteiger partial charge in [0.15, 0.2) is 0 Å². The molecule has 0 aliphatic carbocycles. The Labute approximate surface area is 92.0 Å². The Kier molecular flexibility index (Phi) is 4.54. The highest BCUT2D eigenvalue weighted by atomic mass is 16.1. The lowest BCUT2D eigenvalue weighted by molar-refractivity contribution is -0.128. The summed E-state index contributed by atoms with van der Waals surface area (Å²) in [5.74, 6) is 0.125. The van der Waals surface area contributed by atoms with Gasteiger partial charge in [-0.2, -0.15) is 0 Å². The van der Waals surface area contributed by atoms with Gasteiger partial charge in [-0.15, -0.1) is 0 Å². The standard InChI is InChI=1S/C11H23N3O/c1-3-6-14-11(10(12)15)5-7-13-8-9(11)4-2/h9,13-14H,3-8H2,1-2H3,(H2,12,15). The van der Waals surface area contributed by atoms with E-state index in [1.165, 1.54) is 0 Å². The average Bonchev–Trinajstić information content (AvgIpc) is 2.26. The van der Waals surface area contributed by atoms with Gasteiger partial charge in [0.1, 0.15) is 5.54 Å². The fourth-order valence-electron chi connectivity index (χ4n) is 2.43. The van der Waals surface area contributed by atoms with Gasteiger partial charge in [-0.3, -0.25) is 4.79 Å². The van der Waals surface area contributed by atoms with Crippen LogP contribution in [0.15, 0.2) is 0 Å². The number of primary amides is 1. The molecular formula is C11H23N3O. The number of piperidine rings is 1. The second kappa shape index (κ2) is 5.47. The lowest BCUT2D eigenvalue weighted by Crippen LogP contribution is -2.65. The van der Waals surface area contributed by atoms with E-state index in [9.17, 15) is 4.79 Å². The predicted octanol–water partition coefficient (Wildman–Crippen LogP) is 0.230. The van der Waals surface area contributed by atoms with Crippen molar-refractivity contribution in [3.63, 3.8) is 0 Å². The second-order valence-electron chi connectivity index (χ2n) is 4.32. The minimum Gasteiger partial charge on any atom is -0.368 e. The molecule has 1 fully saturated rings. The molecule has 4 N–H and O–H groups in total. The molecule has 0 spiro atoms. The minimum atomic E-state index is -0.476. The summed E-state index contributed by atoms with van der Waals surface area (Å²) in [7, 11) is 0. The first-order valence-corrected chi connectivity index (χ1v) is 5.93. The summed E-state index contributed by atoms with van der Waals surface area (Å²) in [4.78, 5) is 11.7. The van der Waals surface area contributed by atoms with Gasteiger partial charge in [0.05, 0.1) is 0 Å². The molecule has 1 saturated heterocycles. The normalized spacial score (nSPS) is 31.5. The van der Waals surface area contributed by atoms with Gasteiger partial charge in [-0.25, -0.2) is 0 Å². The summed E-state index contributed by atoms with van der Waals surface area (Å²) in [5.41, 5.74) is 5.10. The summed E-state index contributed by atoms with van der Waals surface area (Å²) >= 11 is 0. The van der Waals surface area contributed by atoms with Crippen LogP contribution in [0.1, 0.15) is 33.1 Å². The Hall–Kier alpha value is -0.610. The summed E-state index contributed by atoms with van der Waals surface area (Å²) in [6.45, 7) is 6.83. The van der Waals surface area contributed by atoms with Crippen molar-refractivity contribution in [3.8, 4) is 0 Å². The summed E-state index contributed by atoms with van der Waals surface area (Å²) in [6.07, 6.45) is 2.81. The highest BCUT2D eigenvalue weighted by Crippen LogP contribution is 2.26. The molecule has 1 aliphatic rings. The molecule has 15 heavy (non-hydrogen) atoms. The van der Waals surface area contributed by atoms with E-state index >= 15 is 0 Å². The SMILES string of the molecule is CCCNC1(C(N)=O)CCNCC1CC. The van der Waals surface area contributed by atoms with Crippen molar-refractivity contribution in [1.82, 2.24) is 10.6 Å². The highest BCUT2D eigenvalue weighted by molar-refractivity contribution is 5.85. The molecule has 1 amide bonds. The minimum absolute atomic E-state index is 0.190. The van der Waals surface area contributed by atoms with E-state index in [1.54, 1.807) is 0 Å². The van der Waals surface area contributed by atoms with Gasteiger partial charge in [0.25, 0.3) is 0 Å². The molecule has 1 heterocycles. The maximum atomic E-state index is 11.7. The molecule has 0 aromatic rings. The molecule has 2 atom stereocenters. The number of nitrogens with one attached hydrogen (secondary N) is 2. The Morgan fingerprint density at radius 2 is 2.33 bits per heavy atom. The van der Waals surface area contributed by atoms with Crippen molar-refractivity contribution in [1.29, 1.82) is 0 Å². The number of carbonyl (C=O) groups is 1. The fraction of sp³-hybridized carbons (Fsp3) is 0.909. The van der Waals surface area contributed by atoms with Crippen LogP contribution in [0.2, 0.25) is 0 Å². The molecular weight excluding hydrogens is 190 g/mol. The molecule has 1 rings (SSSR count). The number of carbonyl (C=O) groups excluding carboxylic acids is 1. The highest BCUT2D eigenvalue weighted by Gasteiger charge is 2.44.